The fraction of sp³-hybridized carbons (Fsp3) is 0.864. The Balaban J connectivity index is 0. The molecule has 0 aromatic carbocycles. The number of rotatable bonds is 18. The maximum Gasteiger partial charge on any atom is 0.315 e. The largest absolute Gasteiger partial charge is 0.483 e. The Morgan fingerprint density at radius 3 is 1.81 bits per heavy atom. The molecule has 31 heavy (non-hydrogen) atoms. The van der Waals surface area contributed by atoms with Crippen LogP contribution >= 0.6 is 0 Å². The molecule has 0 aromatic heterocycles. The molecule has 0 saturated carbocycles. The van der Waals surface area contributed by atoms with Crippen molar-refractivity contribution in [1.82, 2.24) is 10.6 Å². The highest BCUT2D eigenvalue weighted by Crippen LogP contribution is 2.10. The summed E-state index contributed by atoms with van der Waals surface area (Å²) in [6.45, 7) is 1.84. The lowest BCUT2D eigenvalue weighted by Gasteiger charge is -2.29. The van der Waals surface area contributed by atoms with Crippen molar-refractivity contribution in [2.24, 2.45) is 0 Å². The minimum absolute atomic E-state index is 0.0602. The quantitative estimate of drug-likeness (QED) is 0.145. The van der Waals surface area contributed by atoms with Gasteiger partial charge in [0, 0.05) is 20.3 Å². The second-order valence-electron chi connectivity index (χ2n) is 8.80. The highest BCUT2D eigenvalue weighted by molar-refractivity contribution is 5.75. The standard InChI is InChI=1S/C21H43N3O4.CH2O2/c1-24(2,3)18-19(17-20(25)26)23-21(27)22-15-13-11-9-7-5-6-8-10-12-14-16-28-4;2-1-3/h19H,5-18H2,1-4H3,(H2-,22,23,25,26,27);1H,(H,2,3)/p+1/t19-;/m1./s1. The van der Waals surface area contributed by atoms with Crippen LogP contribution in [0.4, 0.5) is 4.79 Å². The van der Waals surface area contributed by atoms with Crippen molar-refractivity contribution in [3.63, 3.8) is 0 Å². The van der Waals surface area contributed by atoms with Crippen molar-refractivity contribution < 1.29 is 33.8 Å². The topological polar surface area (TPSA) is 125 Å². The van der Waals surface area contributed by atoms with Crippen LogP contribution in [0, 0.1) is 0 Å². The van der Waals surface area contributed by atoms with Crippen molar-refractivity contribution >= 4 is 18.5 Å². The summed E-state index contributed by atoms with van der Waals surface area (Å²) in [4.78, 5) is 31.3. The highest BCUT2D eigenvalue weighted by atomic mass is 16.5. The molecule has 0 heterocycles. The van der Waals surface area contributed by atoms with Gasteiger partial charge in [-0.05, 0) is 12.8 Å². The molecule has 0 aliphatic heterocycles. The van der Waals surface area contributed by atoms with Gasteiger partial charge < -0.3 is 30.1 Å². The maximum atomic E-state index is 12.0. The zero-order chi connectivity index (χ0) is 24.0. The number of aliphatic carboxylic acids is 1. The predicted molar refractivity (Wildman–Crippen MR) is 122 cm³/mol. The van der Waals surface area contributed by atoms with Crippen molar-refractivity contribution in [2.45, 2.75) is 76.7 Å². The van der Waals surface area contributed by atoms with Crippen LogP contribution in [0.25, 0.3) is 0 Å². The summed E-state index contributed by atoms with van der Waals surface area (Å²) in [6.07, 6.45) is 12.1. The van der Waals surface area contributed by atoms with E-state index in [9.17, 15) is 9.59 Å². The number of carbonyl (C=O) groups is 3. The van der Waals surface area contributed by atoms with Crippen molar-refractivity contribution in [3.05, 3.63) is 0 Å². The zero-order valence-corrected chi connectivity index (χ0v) is 20.0. The number of likely N-dealkylation sites (N-methyl/N-ethyl adjacent to an activating group) is 1. The van der Waals surface area contributed by atoms with E-state index >= 15 is 0 Å². The first-order valence-corrected chi connectivity index (χ1v) is 11.3. The summed E-state index contributed by atoms with van der Waals surface area (Å²) in [5.74, 6) is -0.895. The minimum atomic E-state index is -0.895. The van der Waals surface area contributed by atoms with Gasteiger partial charge in [0.05, 0.1) is 40.2 Å². The third-order valence-electron chi connectivity index (χ3n) is 4.59. The monoisotopic (exact) mass is 448 g/mol. The lowest BCUT2D eigenvalue weighted by Crippen LogP contribution is -2.52. The predicted octanol–water partition coefficient (Wildman–Crippen LogP) is 3.08. The van der Waals surface area contributed by atoms with Crippen LogP contribution in [0.5, 0.6) is 0 Å². The second kappa shape index (κ2) is 21.4. The number of quaternary nitrogens is 1. The van der Waals surface area contributed by atoms with Crippen molar-refractivity contribution in [1.29, 1.82) is 0 Å². The Kier molecular flexibility index (Phi) is 21.6. The molecule has 0 aliphatic carbocycles. The third-order valence-corrected chi connectivity index (χ3v) is 4.59. The lowest BCUT2D eigenvalue weighted by atomic mass is 10.1. The van der Waals surface area contributed by atoms with Crippen LogP contribution in [0.3, 0.4) is 0 Å². The van der Waals surface area contributed by atoms with E-state index in [0.29, 0.717) is 17.6 Å². The van der Waals surface area contributed by atoms with Gasteiger partial charge in [-0.15, -0.1) is 0 Å². The number of hydrogen-bond donors (Lipinski definition) is 4. The average Bonchev–Trinajstić information content (AvgIpc) is 2.64. The molecule has 9 nitrogen and oxygen atoms in total. The summed E-state index contributed by atoms with van der Waals surface area (Å²) in [5.41, 5.74) is 0. The molecule has 0 aliphatic rings. The fourth-order valence-electron chi connectivity index (χ4n) is 3.26. The second-order valence-corrected chi connectivity index (χ2v) is 8.80. The number of amides is 2. The van der Waals surface area contributed by atoms with Gasteiger partial charge in [-0.3, -0.25) is 9.59 Å². The number of ether oxygens (including phenoxy) is 1. The Hall–Kier alpha value is -1.87. The molecule has 2 amide bonds. The van der Waals surface area contributed by atoms with E-state index in [0.717, 1.165) is 19.4 Å². The van der Waals surface area contributed by atoms with E-state index in [1.165, 1.54) is 51.4 Å². The first-order chi connectivity index (χ1) is 14.7. The van der Waals surface area contributed by atoms with E-state index in [-0.39, 0.29) is 25.0 Å². The number of carboxylic acids is 1. The average molecular weight is 449 g/mol. The Labute approximate surface area is 188 Å². The van der Waals surface area contributed by atoms with Gasteiger partial charge in [-0.1, -0.05) is 51.4 Å². The SMILES string of the molecule is COCCCCCCCCCCCCNC(=O)N[C@H](CC(=O)O)C[N+](C)(C)C.O=CO. The van der Waals surface area contributed by atoms with Gasteiger partial charge in [0.2, 0.25) is 0 Å². The minimum Gasteiger partial charge on any atom is -0.483 e. The molecule has 0 saturated heterocycles. The molecule has 0 unspecified atom stereocenters. The highest BCUT2D eigenvalue weighted by Gasteiger charge is 2.22. The van der Waals surface area contributed by atoms with Crippen LogP contribution < -0.4 is 10.6 Å². The number of methoxy groups -OCH3 is 1. The molecule has 0 aromatic rings. The first kappa shape index (κ1) is 31.3. The normalized spacial score (nSPS) is 11.7. The number of hydrogen-bond acceptors (Lipinski definition) is 4. The van der Waals surface area contributed by atoms with E-state index in [2.05, 4.69) is 10.6 Å². The molecular weight excluding hydrogens is 402 g/mol. The van der Waals surface area contributed by atoms with Crippen LogP contribution in [-0.2, 0) is 14.3 Å². The van der Waals surface area contributed by atoms with Gasteiger partial charge in [-0.2, -0.15) is 0 Å². The molecule has 184 valence electrons. The number of nitrogens with zero attached hydrogens (tertiary/aromatic N) is 1. The summed E-state index contributed by atoms with van der Waals surface area (Å²) in [7, 11) is 7.70. The molecule has 4 N–H and O–H groups in total. The van der Waals surface area contributed by atoms with Crippen molar-refractivity contribution in [3.8, 4) is 0 Å². The Bertz CT molecular complexity index is 455. The Morgan fingerprint density at radius 2 is 1.39 bits per heavy atom. The Morgan fingerprint density at radius 1 is 0.935 bits per heavy atom. The van der Waals surface area contributed by atoms with E-state index < -0.39 is 5.97 Å². The molecule has 0 spiro atoms. The number of nitrogens with one attached hydrogen (secondary N) is 2. The zero-order valence-electron chi connectivity index (χ0n) is 20.0. The van der Waals surface area contributed by atoms with Crippen LogP contribution in [-0.4, -0.2) is 87.2 Å². The van der Waals surface area contributed by atoms with Gasteiger partial charge in [0.1, 0.15) is 0 Å². The summed E-state index contributed by atoms with van der Waals surface area (Å²) in [6, 6.07) is -0.639. The molecule has 9 heteroatoms. The van der Waals surface area contributed by atoms with Crippen molar-refractivity contribution in [2.75, 3.05) is 47.9 Å². The first-order valence-electron chi connectivity index (χ1n) is 11.3. The van der Waals surface area contributed by atoms with Gasteiger partial charge in [-0.25, -0.2) is 4.79 Å². The molecule has 0 radical (unpaired) electrons. The summed E-state index contributed by atoms with van der Waals surface area (Å²) >= 11 is 0. The molecular formula is C22H46N3O6+. The smallest absolute Gasteiger partial charge is 0.315 e. The molecule has 1 atom stereocenters. The summed E-state index contributed by atoms with van der Waals surface area (Å²) < 4.78 is 5.65. The van der Waals surface area contributed by atoms with Crippen LogP contribution in [0.1, 0.15) is 70.6 Å². The van der Waals surface area contributed by atoms with Crippen LogP contribution in [0.15, 0.2) is 0 Å². The number of carbonyl (C=O) groups excluding carboxylic acids is 1. The third kappa shape index (κ3) is 28.1. The molecule has 0 rings (SSSR count). The fourth-order valence-corrected chi connectivity index (χ4v) is 3.26. The van der Waals surface area contributed by atoms with Gasteiger partial charge in [0.15, 0.2) is 0 Å². The maximum absolute atomic E-state index is 12.0. The van der Waals surface area contributed by atoms with Gasteiger partial charge in [0.25, 0.3) is 6.47 Å². The number of unbranched alkanes of at least 4 members (excludes halogenated alkanes) is 9. The van der Waals surface area contributed by atoms with Gasteiger partial charge >= 0.3 is 12.0 Å². The lowest BCUT2D eigenvalue weighted by molar-refractivity contribution is -0.871. The number of carboxylic acid groups (broad SMARTS) is 2. The van der Waals surface area contributed by atoms with Crippen LogP contribution in [0.2, 0.25) is 0 Å². The summed E-state index contributed by atoms with van der Waals surface area (Å²) in [5, 5.41) is 21.5. The molecule has 0 fully saturated rings. The van der Waals surface area contributed by atoms with E-state index in [1.54, 1.807) is 7.11 Å². The van der Waals surface area contributed by atoms with E-state index in [4.69, 9.17) is 19.7 Å². The van der Waals surface area contributed by atoms with E-state index in [1.807, 2.05) is 21.1 Å². The number of urea groups is 1. The molecule has 0 bridgehead atoms.